The van der Waals surface area contributed by atoms with Crippen molar-refractivity contribution < 1.29 is 4.79 Å². The van der Waals surface area contributed by atoms with Crippen LogP contribution in [-0.2, 0) is 13.1 Å². The summed E-state index contributed by atoms with van der Waals surface area (Å²) in [5, 5.41) is 1.11. The number of aryl methyl sites for hydroxylation is 2. The molecule has 28 heavy (non-hydrogen) atoms. The van der Waals surface area contributed by atoms with Crippen LogP contribution in [0, 0.1) is 13.8 Å². The number of carbonyl (C=O) groups is 1. The summed E-state index contributed by atoms with van der Waals surface area (Å²) in [5.41, 5.74) is 6.12. The number of hydrogen-bond acceptors (Lipinski definition) is 1. The van der Waals surface area contributed by atoms with Gasteiger partial charge in [-0.2, -0.15) is 0 Å². The van der Waals surface area contributed by atoms with Gasteiger partial charge in [0.2, 0.25) is 0 Å². The summed E-state index contributed by atoms with van der Waals surface area (Å²) in [6.45, 7) is 5.24. The quantitative estimate of drug-likeness (QED) is 0.487. The van der Waals surface area contributed by atoms with E-state index in [4.69, 9.17) is 0 Å². The first-order chi connectivity index (χ1) is 13.6. The van der Waals surface area contributed by atoms with Crippen LogP contribution in [0.5, 0.6) is 0 Å². The molecule has 1 heterocycles. The van der Waals surface area contributed by atoms with E-state index in [1.807, 2.05) is 54.3 Å². The van der Waals surface area contributed by atoms with E-state index in [0.29, 0.717) is 18.8 Å². The van der Waals surface area contributed by atoms with E-state index in [9.17, 15) is 4.79 Å². The van der Waals surface area contributed by atoms with Gasteiger partial charge in [0, 0.05) is 24.0 Å². The average Bonchev–Trinajstić information content (AvgIpc) is 3.04. The first-order valence-corrected chi connectivity index (χ1v) is 9.58. The zero-order valence-corrected chi connectivity index (χ0v) is 16.3. The predicted octanol–water partition coefficient (Wildman–Crippen LogP) is 5.63. The number of hydrogen-bond donors (Lipinski definition) is 1. The maximum Gasteiger partial charge on any atom is 0.271 e. The van der Waals surface area contributed by atoms with Gasteiger partial charge in [-0.15, -0.1) is 0 Å². The van der Waals surface area contributed by atoms with Crippen molar-refractivity contribution in [2.75, 3.05) is 0 Å². The molecule has 4 aromatic rings. The normalized spacial score (nSPS) is 10.9. The fourth-order valence-corrected chi connectivity index (χ4v) is 3.62. The van der Waals surface area contributed by atoms with Gasteiger partial charge in [-0.25, -0.2) is 0 Å². The Morgan fingerprint density at radius 3 is 1.96 bits per heavy atom. The van der Waals surface area contributed by atoms with E-state index in [0.717, 1.165) is 27.6 Å². The number of aromatic nitrogens is 1. The van der Waals surface area contributed by atoms with Crippen molar-refractivity contribution in [1.29, 1.82) is 0 Å². The molecule has 0 aliphatic heterocycles. The Morgan fingerprint density at radius 1 is 0.821 bits per heavy atom. The number of amides is 1. The van der Waals surface area contributed by atoms with Gasteiger partial charge < -0.3 is 9.88 Å². The monoisotopic (exact) mass is 368 g/mol. The summed E-state index contributed by atoms with van der Waals surface area (Å²) in [4.78, 5) is 18.8. The Balaban J connectivity index is 1.71. The SMILES string of the molecule is Cc1ccc2[nH]c(C(=O)N(Cc3ccccc3)Cc3ccccc3)c(C)c2c1. The number of aromatic amines is 1. The van der Waals surface area contributed by atoms with Crippen molar-refractivity contribution in [3.8, 4) is 0 Å². The summed E-state index contributed by atoms with van der Waals surface area (Å²) < 4.78 is 0. The Labute approximate surface area is 165 Å². The lowest BCUT2D eigenvalue weighted by molar-refractivity contribution is 0.0724. The summed E-state index contributed by atoms with van der Waals surface area (Å²) in [6, 6.07) is 26.5. The third-order valence-corrected chi connectivity index (χ3v) is 5.15. The van der Waals surface area contributed by atoms with E-state index in [1.165, 1.54) is 5.56 Å². The van der Waals surface area contributed by atoms with Gasteiger partial charge in [0.05, 0.1) is 0 Å². The Hall–Kier alpha value is -3.33. The maximum absolute atomic E-state index is 13.5. The molecule has 3 aromatic carbocycles. The van der Waals surface area contributed by atoms with Crippen molar-refractivity contribution in [3.05, 3.63) is 107 Å². The van der Waals surface area contributed by atoms with Crippen LogP contribution in [0.25, 0.3) is 10.9 Å². The van der Waals surface area contributed by atoms with Crippen LogP contribution in [0.3, 0.4) is 0 Å². The molecule has 3 heteroatoms. The van der Waals surface area contributed by atoms with E-state index in [1.54, 1.807) is 0 Å². The van der Waals surface area contributed by atoms with Crippen LogP contribution < -0.4 is 0 Å². The molecule has 0 radical (unpaired) electrons. The molecule has 0 fully saturated rings. The highest BCUT2D eigenvalue weighted by molar-refractivity contribution is 6.01. The second-order valence-electron chi connectivity index (χ2n) is 7.31. The topological polar surface area (TPSA) is 36.1 Å². The number of carbonyl (C=O) groups excluding carboxylic acids is 1. The van der Waals surface area contributed by atoms with Crippen LogP contribution >= 0.6 is 0 Å². The summed E-state index contributed by atoms with van der Waals surface area (Å²) in [7, 11) is 0. The van der Waals surface area contributed by atoms with E-state index in [-0.39, 0.29) is 5.91 Å². The minimum absolute atomic E-state index is 0.0269. The Bertz CT molecular complexity index is 1060. The highest BCUT2D eigenvalue weighted by Crippen LogP contribution is 2.25. The molecule has 0 atom stereocenters. The van der Waals surface area contributed by atoms with Gasteiger partial charge >= 0.3 is 0 Å². The van der Waals surface area contributed by atoms with Crippen LogP contribution in [0.4, 0.5) is 0 Å². The lowest BCUT2D eigenvalue weighted by Crippen LogP contribution is -2.30. The summed E-state index contributed by atoms with van der Waals surface area (Å²) in [5.74, 6) is 0.0269. The van der Waals surface area contributed by atoms with Crippen LogP contribution in [-0.4, -0.2) is 15.8 Å². The van der Waals surface area contributed by atoms with Crippen molar-refractivity contribution in [3.63, 3.8) is 0 Å². The molecule has 0 saturated heterocycles. The number of nitrogens with zero attached hydrogens (tertiary/aromatic N) is 1. The van der Waals surface area contributed by atoms with E-state index in [2.05, 4.69) is 48.3 Å². The van der Waals surface area contributed by atoms with Crippen LogP contribution in [0.15, 0.2) is 78.9 Å². The Morgan fingerprint density at radius 2 is 1.39 bits per heavy atom. The molecule has 0 unspecified atom stereocenters. The van der Waals surface area contributed by atoms with Crippen molar-refractivity contribution in [2.24, 2.45) is 0 Å². The number of nitrogens with one attached hydrogen (secondary N) is 1. The van der Waals surface area contributed by atoms with Gasteiger partial charge in [-0.3, -0.25) is 4.79 Å². The molecule has 0 bridgehead atoms. The molecule has 0 spiro atoms. The minimum atomic E-state index is 0.0269. The molecule has 1 N–H and O–H groups in total. The van der Waals surface area contributed by atoms with Gasteiger partial charge in [-0.05, 0) is 42.7 Å². The highest BCUT2D eigenvalue weighted by atomic mass is 16.2. The number of H-pyrrole nitrogens is 1. The molecule has 0 aliphatic rings. The molecule has 0 aliphatic carbocycles. The molecule has 3 nitrogen and oxygen atoms in total. The molecular weight excluding hydrogens is 344 g/mol. The second kappa shape index (κ2) is 7.73. The molecule has 140 valence electrons. The second-order valence-corrected chi connectivity index (χ2v) is 7.31. The van der Waals surface area contributed by atoms with Crippen molar-refractivity contribution in [1.82, 2.24) is 9.88 Å². The van der Waals surface area contributed by atoms with Crippen molar-refractivity contribution >= 4 is 16.8 Å². The fourth-order valence-electron chi connectivity index (χ4n) is 3.62. The summed E-state index contributed by atoms with van der Waals surface area (Å²) in [6.07, 6.45) is 0. The predicted molar refractivity (Wildman–Crippen MR) is 114 cm³/mol. The van der Waals surface area contributed by atoms with Crippen molar-refractivity contribution in [2.45, 2.75) is 26.9 Å². The average molecular weight is 368 g/mol. The Kier molecular flexibility index (Phi) is 4.98. The lowest BCUT2D eigenvalue weighted by atomic mass is 10.1. The zero-order valence-electron chi connectivity index (χ0n) is 16.3. The first-order valence-electron chi connectivity index (χ1n) is 9.58. The lowest BCUT2D eigenvalue weighted by Gasteiger charge is -2.23. The molecule has 1 aromatic heterocycles. The highest BCUT2D eigenvalue weighted by Gasteiger charge is 2.21. The largest absolute Gasteiger partial charge is 0.350 e. The smallest absolute Gasteiger partial charge is 0.271 e. The molecule has 0 saturated carbocycles. The zero-order chi connectivity index (χ0) is 19.5. The van der Waals surface area contributed by atoms with E-state index < -0.39 is 0 Å². The molecule has 1 amide bonds. The number of fused-ring (bicyclic) bond motifs is 1. The number of rotatable bonds is 5. The standard InChI is InChI=1S/C25H24N2O/c1-18-13-14-23-22(15-18)19(2)24(26-23)25(28)27(16-20-9-5-3-6-10-20)17-21-11-7-4-8-12-21/h3-15,26H,16-17H2,1-2H3. The minimum Gasteiger partial charge on any atom is -0.350 e. The third-order valence-electron chi connectivity index (χ3n) is 5.15. The number of benzene rings is 3. The van der Waals surface area contributed by atoms with Crippen LogP contribution in [0.1, 0.15) is 32.7 Å². The maximum atomic E-state index is 13.5. The van der Waals surface area contributed by atoms with E-state index >= 15 is 0 Å². The van der Waals surface area contributed by atoms with Gasteiger partial charge in [0.15, 0.2) is 0 Å². The molecule has 4 rings (SSSR count). The third kappa shape index (κ3) is 3.70. The first kappa shape index (κ1) is 18.1. The van der Waals surface area contributed by atoms with Crippen LogP contribution in [0.2, 0.25) is 0 Å². The van der Waals surface area contributed by atoms with Gasteiger partial charge in [0.1, 0.15) is 5.69 Å². The fraction of sp³-hybridized carbons (Fsp3) is 0.160. The van der Waals surface area contributed by atoms with Gasteiger partial charge in [-0.1, -0.05) is 72.3 Å². The van der Waals surface area contributed by atoms with Gasteiger partial charge in [0.25, 0.3) is 5.91 Å². The molecular formula is C25H24N2O. The summed E-state index contributed by atoms with van der Waals surface area (Å²) >= 11 is 0.